The summed E-state index contributed by atoms with van der Waals surface area (Å²) in [7, 11) is 1.79. The standard InChI is InChI=1S/C7H12N3OS/c1-5-4-12-7(9-8)10(5,3)6(2)11/h4H,8H2,1-3H3/q+1. The van der Waals surface area contributed by atoms with Crippen LogP contribution in [0.4, 0.5) is 0 Å². The summed E-state index contributed by atoms with van der Waals surface area (Å²) in [6, 6.07) is 0. The smallest absolute Gasteiger partial charge is 0.317 e. The molecule has 0 aromatic heterocycles. The molecular formula is C7H12N3OS+. The number of hydrogen-bond acceptors (Lipinski definition) is 4. The molecule has 1 unspecified atom stereocenters. The Balaban J connectivity index is 3.15. The van der Waals surface area contributed by atoms with Gasteiger partial charge in [0, 0.05) is 12.3 Å². The quantitative estimate of drug-likeness (QED) is 0.346. The van der Waals surface area contributed by atoms with Gasteiger partial charge in [0.05, 0.1) is 14.0 Å². The Kier molecular flexibility index (Phi) is 2.25. The lowest BCUT2D eigenvalue weighted by Crippen LogP contribution is -2.47. The molecule has 0 bridgehead atoms. The zero-order valence-corrected chi connectivity index (χ0v) is 8.18. The van der Waals surface area contributed by atoms with Crippen molar-refractivity contribution in [2.75, 3.05) is 7.05 Å². The average Bonchev–Trinajstić information content (AvgIpc) is 2.30. The summed E-state index contributed by atoms with van der Waals surface area (Å²) >= 11 is 1.40. The molecule has 0 aromatic rings. The van der Waals surface area contributed by atoms with Crippen LogP contribution in [0.2, 0.25) is 0 Å². The summed E-state index contributed by atoms with van der Waals surface area (Å²) in [6.45, 7) is 3.43. The molecule has 12 heavy (non-hydrogen) atoms. The first-order valence-corrected chi connectivity index (χ1v) is 4.41. The first-order valence-electron chi connectivity index (χ1n) is 3.53. The number of thioether (sulfide) groups is 1. The lowest BCUT2D eigenvalue weighted by molar-refractivity contribution is -0.692. The van der Waals surface area contributed by atoms with Crippen LogP contribution in [0, 0.1) is 0 Å². The summed E-state index contributed by atoms with van der Waals surface area (Å²) in [6.07, 6.45) is 0. The molecule has 1 atom stereocenters. The second-order valence-electron chi connectivity index (χ2n) is 2.81. The summed E-state index contributed by atoms with van der Waals surface area (Å²) in [5.74, 6) is 5.20. The summed E-state index contributed by atoms with van der Waals surface area (Å²) in [5, 5.41) is 6.11. The molecule has 1 aliphatic rings. The van der Waals surface area contributed by atoms with E-state index in [1.54, 1.807) is 7.05 Å². The van der Waals surface area contributed by atoms with Crippen LogP contribution in [0.15, 0.2) is 16.2 Å². The molecule has 0 radical (unpaired) electrons. The molecule has 5 heteroatoms. The molecular weight excluding hydrogens is 174 g/mol. The molecule has 66 valence electrons. The molecule has 0 saturated carbocycles. The molecule has 0 fully saturated rings. The van der Waals surface area contributed by atoms with Crippen LogP contribution in [-0.2, 0) is 4.79 Å². The first-order chi connectivity index (χ1) is 5.53. The second-order valence-corrected chi connectivity index (χ2v) is 3.65. The van der Waals surface area contributed by atoms with Crippen molar-refractivity contribution in [1.82, 2.24) is 0 Å². The Morgan fingerprint density at radius 2 is 2.33 bits per heavy atom. The maximum Gasteiger partial charge on any atom is 0.321 e. The number of amidine groups is 1. The fraction of sp³-hybridized carbons (Fsp3) is 0.429. The second kappa shape index (κ2) is 2.91. The van der Waals surface area contributed by atoms with Crippen LogP contribution < -0.4 is 5.84 Å². The molecule has 0 aliphatic carbocycles. The van der Waals surface area contributed by atoms with Crippen molar-refractivity contribution in [3.05, 3.63) is 11.1 Å². The summed E-state index contributed by atoms with van der Waals surface area (Å²) < 4.78 is 0.112. The maximum absolute atomic E-state index is 11.3. The Bertz CT molecular complexity index is 284. The Morgan fingerprint density at radius 1 is 1.75 bits per heavy atom. The van der Waals surface area contributed by atoms with Gasteiger partial charge in [-0.1, -0.05) is 0 Å². The van der Waals surface area contributed by atoms with Crippen molar-refractivity contribution in [1.29, 1.82) is 0 Å². The van der Waals surface area contributed by atoms with Crippen LogP contribution in [0.1, 0.15) is 13.8 Å². The Morgan fingerprint density at radius 3 is 2.67 bits per heavy atom. The summed E-state index contributed by atoms with van der Waals surface area (Å²) in [5.41, 5.74) is 0.955. The van der Waals surface area contributed by atoms with Crippen LogP contribution in [0.5, 0.6) is 0 Å². The minimum absolute atomic E-state index is 0.0259. The topological polar surface area (TPSA) is 55.5 Å². The fourth-order valence-corrected chi connectivity index (χ4v) is 2.06. The van der Waals surface area contributed by atoms with Crippen LogP contribution >= 0.6 is 11.8 Å². The molecule has 1 rings (SSSR count). The van der Waals surface area contributed by atoms with Crippen molar-refractivity contribution >= 4 is 22.8 Å². The van der Waals surface area contributed by atoms with Gasteiger partial charge in [-0.3, -0.25) is 0 Å². The normalized spacial score (nSPS) is 32.2. The van der Waals surface area contributed by atoms with Gasteiger partial charge in [0.1, 0.15) is 5.70 Å². The predicted molar refractivity (Wildman–Crippen MR) is 49.8 cm³/mol. The fourth-order valence-electron chi connectivity index (χ4n) is 1.03. The van der Waals surface area contributed by atoms with E-state index in [4.69, 9.17) is 5.84 Å². The number of quaternary nitrogens is 1. The van der Waals surface area contributed by atoms with Gasteiger partial charge >= 0.3 is 5.91 Å². The van der Waals surface area contributed by atoms with Crippen molar-refractivity contribution < 1.29 is 9.28 Å². The van der Waals surface area contributed by atoms with E-state index in [1.807, 2.05) is 12.3 Å². The van der Waals surface area contributed by atoms with Gasteiger partial charge in [0.2, 0.25) is 0 Å². The lowest BCUT2D eigenvalue weighted by atomic mass is 10.4. The van der Waals surface area contributed by atoms with E-state index in [9.17, 15) is 4.79 Å². The van der Waals surface area contributed by atoms with E-state index in [-0.39, 0.29) is 10.4 Å². The van der Waals surface area contributed by atoms with E-state index in [0.717, 1.165) is 5.70 Å². The van der Waals surface area contributed by atoms with Gasteiger partial charge in [-0.15, -0.1) is 5.10 Å². The van der Waals surface area contributed by atoms with Crippen molar-refractivity contribution in [2.24, 2.45) is 10.9 Å². The van der Waals surface area contributed by atoms with E-state index in [2.05, 4.69) is 5.10 Å². The number of allylic oxidation sites excluding steroid dienone is 1. The van der Waals surface area contributed by atoms with Crippen LogP contribution in [-0.4, -0.2) is 22.6 Å². The predicted octanol–water partition coefficient (Wildman–Crippen LogP) is 0.817. The number of hydrogen-bond donors (Lipinski definition) is 1. The van der Waals surface area contributed by atoms with E-state index in [1.165, 1.54) is 18.7 Å². The molecule has 2 N–H and O–H groups in total. The van der Waals surface area contributed by atoms with Gasteiger partial charge in [0.15, 0.2) is 0 Å². The number of nitrogens with zero attached hydrogens (tertiary/aromatic N) is 2. The molecule has 1 aliphatic heterocycles. The monoisotopic (exact) mass is 186 g/mol. The molecule has 0 saturated heterocycles. The van der Waals surface area contributed by atoms with Crippen molar-refractivity contribution in [2.45, 2.75) is 13.8 Å². The number of carbonyl (C=O) groups is 1. The van der Waals surface area contributed by atoms with Crippen LogP contribution in [0.25, 0.3) is 0 Å². The third kappa shape index (κ3) is 1.05. The minimum Gasteiger partial charge on any atom is -0.317 e. The number of hydrazone groups is 1. The molecule has 0 aromatic carbocycles. The third-order valence-corrected chi connectivity index (χ3v) is 3.30. The highest BCUT2D eigenvalue weighted by Crippen LogP contribution is 2.32. The molecule has 4 nitrogen and oxygen atoms in total. The van der Waals surface area contributed by atoms with Gasteiger partial charge in [0.25, 0.3) is 5.17 Å². The number of amides is 1. The molecule has 1 heterocycles. The van der Waals surface area contributed by atoms with Gasteiger partial charge in [-0.25, -0.2) is 4.79 Å². The van der Waals surface area contributed by atoms with E-state index < -0.39 is 0 Å². The van der Waals surface area contributed by atoms with E-state index >= 15 is 0 Å². The summed E-state index contributed by atoms with van der Waals surface area (Å²) in [4.78, 5) is 11.3. The Labute approximate surface area is 75.7 Å². The van der Waals surface area contributed by atoms with Gasteiger partial charge < -0.3 is 5.84 Å². The highest BCUT2D eigenvalue weighted by molar-refractivity contribution is 8.16. The molecule has 0 spiro atoms. The third-order valence-electron chi connectivity index (χ3n) is 2.16. The van der Waals surface area contributed by atoms with Crippen LogP contribution in [0.3, 0.4) is 0 Å². The van der Waals surface area contributed by atoms with Gasteiger partial charge in [-0.05, 0) is 11.8 Å². The number of carbonyl (C=O) groups excluding carboxylic acids is 1. The van der Waals surface area contributed by atoms with Gasteiger partial charge in [-0.2, -0.15) is 4.48 Å². The van der Waals surface area contributed by atoms with Crippen molar-refractivity contribution in [3.63, 3.8) is 0 Å². The highest BCUT2D eigenvalue weighted by atomic mass is 32.2. The Hall–Kier alpha value is -0.810. The highest BCUT2D eigenvalue weighted by Gasteiger charge is 2.42. The minimum atomic E-state index is 0.0259. The first kappa shape index (κ1) is 9.28. The van der Waals surface area contributed by atoms with E-state index in [0.29, 0.717) is 5.17 Å². The zero-order valence-electron chi connectivity index (χ0n) is 7.37. The SMILES string of the molecule is CC(=O)[N+]1(C)C(C)=CSC1=NN. The lowest BCUT2D eigenvalue weighted by Gasteiger charge is -2.24. The number of rotatable bonds is 0. The maximum atomic E-state index is 11.3. The number of nitrogens with two attached hydrogens (primary N) is 1. The molecule has 1 amide bonds. The largest absolute Gasteiger partial charge is 0.321 e. The average molecular weight is 186 g/mol. The van der Waals surface area contributed by atoms with Crippen molar-refractivity contribution in [3.8, 4) is 0 Å². The zero-order chi connectivity index (χ0) is 9.35.